The summed E-state index contributed by atoms with van der Waals surface area (Å²) in [5.74, 6) is -4.71. The molecule has 3 aliphatic rings. The molecule has 288 valence electrons. The highest BCUT2D eigenvalue weighted by atomic mass is 32.1. The van der Waals surface area contributed by atoms with Gasteiger partial charge in [-0.3, -0.25) is 18.5 Å². The highest BCUT2D eigenvalue weighted by Crippen LogP contribution is 2.48. The Morgan fingerprint density at radius 3 is 2.65 bits per heavy atom. The quantitative estimate of drug-likeness (QED) is 0.168. The van der Waals surface area contributed by atoms with E-state index in [1.807, 2.05) is 4.90 Å². The Balaban J connectivity index is 1.42. The minimum absolute atomic E-state index is 0.0441. The number of likely N-dealkylation sites (tertiary alicyclic amines) is 1. The van der Waals surface area contributed by atoms with Crippen LogP contribution in [0.4, 0.5) is 45.9 Å². The first-order chi connectivity index (χ1) is 25.7. The molecule has 4 aromatic rings. The molecular formula is C36H35F8N7O2S. The van der Waals surface area contributed by atoms with Crippen LogP contribution < -0.4 is 15.4 Å². The zero-order valence-electron chi connectivity index (χ0n) is 29.0. The smallest absolute Gasteiger partial charge is 0.417 e. The molecule has 3 unspecified atom stereocenters. The van der Waals surface area contributed by atoms with E-state index >= 15 is 17.6 Å². The Bertz CT molecular complexity index is 2160. The van der Waals surface area contributed by atoms with Crippen molar-refractivity contribution in [2.24, 2.45) is 5.92 Å². The first-order valence-corrected chi connectivity index (χ1v) is 18.3. The molecule has 2 aromatic heterocycles. The molecule has 54 heavy (non-hydrogen) atoms. The van der Waals surface area contributed by atoms with Crippen LogP contribution in [0, 0.1) is 28.9 Å². The van der Waals surface area contributed by atoms with E-state index in [1.54, 1.807) is 17.9 Å². The summed E-state index contributed by atoms with van der Waals surface area (Å²) in [5.41, 5.74) is 1.49. The zero-order valence-corrected chi connectivity index (χ0v) is 29.8. The third kappa shape index (κ3) is 6.32. The number of nitrogens with zero attached hydrogens (tertiary/aromatic N) is 6. The van der Waals surface area contributed by atoms with Crippen LogP contribution in [-0.2, 0) is 11.0 Å². The van der Waals surface area contributed by atoms with Crippen LogP contribution in [0.2, 0.25) is 0 Å². The van der Waals surface area contributed by atoms with Gasteiger partial charge in [-0.15, -0.1) is 11.3 Å². The summed E-state index contributed by atoms with van der Waals surface area (Å²) in [6, 6.07) is 3.30. The molecule has 3 saturated heterocycles. The van der Waals surface area contributed by atoms with E-state index < -0.39 is 89.0 Å². The standard InChI is InChI=1S/C36H35F8N7O2S/c1-2-51(20-6-9-49(16-20)33(52)18(12-37)13-38)32-22-10-24(36(42,43)44)27(21-4-5-25(40)30-26(21)23(14-45)31(46)54-30)28(41)29(22)47-34(48-32)53-17-35-7-3-8-50(35)15-19(39)11-35/h4-5,10,18-20H,2-3,6-9,11-13,15-17,46H2,1H3. The third-order valence-corrected chi connectivity index (χ3v) is 11.9. The van der Waals surface area contributed by atoms with E-state index in [-0.39, 0.29) is 77.5 Å². The van der Waals surface area contributed by atoms with Crippen LogP contribution in [0.25, 0.3) is 32.1 Å². The molecule has 2 aromatic carbocycles. The number of thiophene rings is 1. The number of ether oxygens (including phenoxy) is 1. The number of halogens is 8. The summed E-state index contributed by atoms with van der Waals surface area (Å²) < 4.78 is 125. The van der Waals surface area contributed by atoms with Gasteiger partial charge >= 0.3 is 12.2 Å². The molecule has 0 spiro atoms. The number of rotatable bonds is 10. The van der Waals surface area contributed by atoms with Gasteiger partial charge in [0.1, 0.15) is 54.3 Å². The number of likely N-dealkylation sites (N-methyl/N-ethyl adjacent to an activating group) is 1. The van der Waals surface area contributed by atoms with Crippen molar-refractivity contribution in [3.8, 4) is 23.2 Å². The highest BCUT2D eigenvalue weighted by molar-refractivity contribution is 7.23. The number of alkyl halides is 6. The number of fused-ring (bicyclic) bond motifs is 3. The number of aromatic nitrogens is 2. The van der Waals surface area contributed by atoms with Gasteiger partial charge in [-0.2, -0.15) is 28.4 Å². The second kappa shape index (κ2) is 14.3. The Kier molecular flexibility index (Phi) is 10.0. The molecule has 5 heterocycles. The van der Waals surface area contributed by atoms with Crippen LogP contribution >= 0.6 is 11.3 Å². The van der Waals surface area contributed by atoms with E-state index in [2.05, 4.69) is 9.97 Å². The van der Waals surface area contributed by atoms with Crippen molar-refractivity contribution in [1.82, 2.24) is 19.8 Å². The normalized spacial score (nSPS) is 21.8. The van der Waals surface area contributed by atoms with E-state index in [9.17, 15) is 27.6 Å². The first-order valence-electron chi connectivity index (χ1n) is 17.5. The van der Waals surface area contributed by atoms with Crippen molar-refractivity contribution >= 4 is 49.1 Å². The monoisotopic (exact) mass is 781 g/mol. The lowest BCUT2D eigenvalue weighted by atomic mass is 9.92. The van der Waals surface area contributed by atoms with E-state index in [1.165, 1.54) is 4.90 Å². The Morgan fingerprint density at radius 1 is 1.20 bits per heavy atom. The Hall–Kier alpha value is -4.50. The largest absolute Gasteiger partial charge is 0.461 e. The average molecular weight is 782 g/mol. The molecule has 0 aliphatic carbocycles. The lowest BCUT2D eigenvalue weighted by Crippen LogP contribution is -2.43. The fraction of sp³-hybridized carbons (Fsp3) is 0.500. The maximum absolute atomic E-state index is 17.2. The summed E-state index contributed by atoms with van der Waals surface area (Å²) in [6.45, 7) is 0.183. The van der Waals surface area contributed by atoms with Crippen LogP contribution in [0.5, 0.6) is 6.01 Å². The van der Waals surface area contributed by atoms with Gasteiger partial charge in [0.05, 0.1) is 27.3 Å². The predicted molar refractivity (Wildman–Crippen MR) is 186 cm³/mol. The summed E-state index contributed by atoms with van der Waals surface area (Å²) in [7, 11) is 0. The van der Waals surface area contributed by atoms with Crippen LogP contribution in [0.3, 0.4) is 0 Å². The number of carbonyl (C=O) groups excluding carboxylic acids is 1. The zero-order chi connectivity index (χ0) is 38.7. The maximum atomic E-state index is 17.2. The van der Waals surface area contributed by atoms with Crippen molar-refractivity contribution < 1.29 is 44.7 Å². The molecule has 2 N–H and O–H groups in total. The number of amides is 1. The molecule has 3 aliphatic heterocycles. The number of hydrogen-bond acceptors (Lipinski definition) is 9. The van der Waals surface area contributed by atoms with Crippen molar-refractivity contribution in [2.75, 3.05) is 63.3 Å². The van der Waals surface area contributed by atoms with Crippen molar-refractivity contribution in [3.63, 3.8) is 0 Å². The molecule has 3 atom stereocenters. The molecule has 7 rings (SSSR count). The van der Waals surface area contributed by atoms with Crippen molar-refractivity contribution in [1.29, 1.82) is 5.26 Å². The van der Waals surface area contributed by atoms with Crippen LogP contribution in [0.15, 0.2) is 18.2 Å². The number of carbonyl (C=O) groups is 1. The number of benzene rings is 2. The fourth-order valence-corrected chi connectivity index (χ4v) is 9.28. The van der Waals surface area contributed by atoms with Gasteiger partial charge in [0.15, 0.2) is 5.82 Å². The minimum atomic E-state index is -5.19. The molecule has 0 bridgehead atoms. The van der Waals surface area contributed by atoms with Gasteiger partial charge < -0.3 is 20.3 Å². The van der Waals surface area contributed by atoms with E-state index in [4.69, 9.17) is 10.5 Å². The third-order valence-electron chi connectivity index (χ3n) is 10.9. The molecule has 0 saturated carbocycles. The van der Waals surface area contributed by atoms with Gasteiger partial charge in [-0.1, -0.05) is 6.07 Å². The molecule has 0 radical (unpaired) electrons. The minimum Gasteiger partial charge on any atom is -0.461 e. The topological polar surface area (TPSA) is 112 Å². The van der Waals surface area contributed by atoms with E-state index in [0.29, 0.717) is 30.4 Å². The van der Waals surface area contributed by atoms with E-state index in [0.717, 1.165) is 18.6 Å². The Labute approximate surface area is 308 Å². The second-order valence-electron chi connectivity index (χ2n) is 14.0. The average Bonchev–Trinajstić information content (AvgIpc) is 3.91. The molecule has 1 amide bonds. The lowest BCUT2D eigenvalue weighted by molar-refractivity contribution is -0.137. The van der Waals surface area contributed by atoms with Crippen LogP contribution in [0.1, 0.15) is 43.7 Å². The number of nitrogens with two attached hydrogens (primary N) is 1. The van der Waals surface area contributed by atoms with Crippen molar-refractivity contribution in [2.45, 2.75) is 56.5 Å². The second-order valence-corrected chi connectivity index (χ2v) is 15.0. The predicted octanol–water partition coefficient (Wildman–Crippen LogP) is 7.20. The molecule has 9 nitrogen and oxygen atoms in total. The van der Waals surface area contributed by atoms with Gasteiger partial charge in [0.25, 0.3) is 0 Å². The van der Waals surface area contributed by atoms with Gasteiger partial charge in [0, 0.05) is 55.0 Å². The number of anilines is 2. The molecule has 18 heteroatoms. The maximum Gasteiger partial charge on any atom is 0.417 e. The highest BCUT2D eigenvalue weighted by Gasteiger charge is 2.49. The summed E-state index contributed by atoms with van der Waals surface area (Å²) >= 11 is 0.644. The van der Waals surface area contributed by atoms with Gasteiger partial charge in [0.2, 0.25) is 5.91 Å². The number of hydrogen-bond donors (Lipinski definition) is 1. The lowest BCUT2D eigenvalue weighted by Gasteiger charge is -2.32. The van der Waals surface area contributed by atoms with Gasteiger partial charge in [-0.05, 0) is 50.4 Å². The number of nitriles is 1. The first kappa shape index (κ1) is 37.8. The van der Waals surface area contributed by atoms with Crippen molar-refractivity contribution in [3.05, 3.63) is 41.0 Å². The summed E-state index contributed by atoms with van der Waals surface area (Å²) in [4.78, 5) is 26.5. The SMILES string of the molecule is CCN(c1nc(OCC23CCCN2CC(F)C3)nc2c(F)c(-c3ccc(F)c4sc(N)c(C#N)c34)c(C(F)(F)F)cc12)C1CCN(C(=O)C(CF)CF)C1. The summed E-state index contributed by atoms with van der Waals surface area (Å²) in [6.07, 6.45) is -4.47. The fourth-order valence-electron chi connectivity index (χ4n) is 8.33. The molecule has 3 fully saturated rings. The summed E-state index contributed by atoms with van der Waals surface area (Å²) in [5, 5.41) is 9.04. The molecular weight excluding hydrogens is 746 g/mol. The van der Waals surface area contributed by atoms with Crippen LogP contribution in [-0.4, -0.2) is 96.1 Å². The number of nitrogen functional groups attached to an aromatic ring is 1. The van der Waals surface area contributed by atoms with Gasteiger partial charge in [-0.25, -0.2) is 13.2 Å². The Morgan fingerprint density at radius 2 is 1.96 bits per heavy atom.